The minimum atomic E-state index is -3.46. The van der Waals surface area contributed by atoms with Crippen molar-refractivity contribution in [3.8, 4) is 5.75 Å². The number of hydrogen-bond donors (Lipinski definition) is 11. The molecule has 5 amide bonds. The number of phenols is 1. The van der Waals surface area contributed by atoms with Crippen molar-refractivity contribution in [2.45, 2.75) is 127 Å². The SMILES string of the molecule is CCOC(=O)c1ncn(C(=O)OC)c1N.CSCCC1NC(=S)N(Cc2ccccc2)C1=O.Cc1ccc(S(=O)(=O)CNC(=S)c2ccc(Cl)c(Cl)c2)cc1.Cc1cccc(C)c1NC(=S)NC(=O)c1cccs1.O=C1C(Cc2c[nH]c3ccccc23)NC(=S)N1c1ccccc1.O=C1C(Cc2ccc(O)cc2)NC(=S)N1C1CCCCC1.O=C1C(Cc2ccc3[nH]ccc3c2)NC(=S)N1c1ccccc1. The molecule has 4 aliphatic heterocycles. The van der Waals surface area contributed by atoms with E-state index < -0.39 is 21.9 Å². The Morgan fingerprint density at radius 2 is 1.21 bits per heavy atom. The lowest BCUT2D eigenvalue weighted by atomic mass is 9.94. The number of hydrogen-bond acceptors (Lipinski definition) is 22. The Morgan fingerprint density at radius 3 is 1.83 bits per heavy atom. The third-order valence-corrected chi connectivity index (χ3v) is 28.4. The van der Waals surface area contributed by atoms with Gasteiger partial charge in [-0.2, -0.15) is 11.8 Å². The topological polar surface area (TPSA) is 365 Å². The lowest BCUT2D eigenvalue weighted by Crippen LogP contribution is -2.42. The molecule has 39 heteroatoms. The van der Waals surface area contributed by atoms with Crippen LogP contribution in [-0.4, -0.2) is 177 Å². The van der Waals surface area contributed by atoms with Gasteiger partial charge in [0, 0.05) is 65.4 Å². The van der Waals surface area contributed by atoms with Crippen molar-refractivity contribution in [3.05, 3.63) is 326 Å². The van der Waals surface area contributed by atoms with Crippen molar-refractivity contribution < 1.29 is 56.6 Å². The highest BCUT2D eigenvalue weighted by Crippen LogP contribution is 2.31. The van der Waals surface area contributed by atoms with Gasteiger partial charge in [0.1, 0.15) is 52.9 Å². The number of nitrogens with two attached hydrogens (primary N) is 1. The van der Waals surface area contributed by atoms with Gasteiger partial charge >= 0.3 is 12.1 Å². The van der Waals surface area contributed by atoms with Crippen molar-refractivity contribution in [3.63, 3.8) is 0 Å². The molecule has 5 aliphatic rings. The number of sulfone groups is 1. The molecule has 0 spiro atoms. The summed E-state index contributed by atoms with van der Waals surface area (Å²) in [7, 11) is -2.26. The molecule has 0 radical (unpaired) electrons. The number of aryl methyl sites for hydroxylation is 3. The van der Waals surface area contributed by atoms with Crippen LogP contribution in [0.2, 0.25) is 10.0 Å². The number of carbonyl (C=O) groups is 7. The number of rotatable bonds is 22. The van der Waals surface area contributed by atoms with E-state index in [1.807, 2.05) is 209 Å². The Hall–Kier alpha value is -12.9. The van der Waals surface area contributed by atoms with Gasteiger partial charge in [-0.3, -0.25) is 48.9 Å². The molecule has 4 aromatic heterocycles. The fraction of sp³-hybridized carbons (Fsp3) is 0.235. The number of halogens is 2. The number of esters is 1. The van der Waals surface area contributed by atoms with E-state index in [2.05, 4.69) is 73.8 Å². The normalized spacial score (nSPS) is 15.9. The number of para-hydroxylation sites is 4. The number of carbonyl (C=O) groups excluding carboxylic acids is 7. The summed E-state index contributed by atoms with van der Waals surface area (Å²) in [5.41, 5.74) is 18.3. The number of thioether (sulfide) groups is 1. The van der Waals surface area contributed by atoms with E-state index in [4.69, 9.17) is 102 Å². The summed E-state index contributed by atoms with van der Waals surface area (Å²) in [5, 5.41) is 37.7. The number of nitrogen functional groups attached to an aromatic ring is 1. The molecule has 0 bridgehead atoms. The molecule has 12 N–H and O–H groups in total. The Labute approximate surface area is 867 Å². The molecule has 13 aromatic rings. The van der Waals surface area contributed by atoms with Gasteiger partial charge in [-0.05, 0) is 255 Å². The molecule has 141 heavy (non-hydrogen) atoms. The zero-order chi connectivity index (χ0) is 101. The van der Waals surface area contributed by atoms with Crippen molar-refractivity contribution in [1.29, 1.82) is 0 Å². The van der Waals surface area contributed by atoms with Crippen molar-refractivity contribution >= 4 is 246 Å². The smallest absolute Gasteiger partial charge is 0.420 e. The number of amides is 5. The fourth-order valence-corrected chi connectivity index (χ4v) is 19.8. The second-order valence-corrected chi connectivity index (χ2v) is 39.8. The van der Waals surface area contributed by atoms with Crippen LogP contribution in [0.5, 0.6) is 5.75 Å². The third-order valence-electron chi connectivity index (χ3n) is 22.8. The van der Waals surface area contributed by atoms with E-state index in [1.54, 1.807) is 98.9 Å². The molecule has 8 heterocycles. The lowest BCUT2D eigenvalue weighted by molar-refractivity contribution is -0.129. The minimum absolute atomic E-state index is 0.00429. The first kappa shape index (κ1) is 107. The van der Waals surface area contributed by atoms with Crippen LogP contribution in [0.15, 0.2) is 266 Å². The van der Waals surface area contributed by atoms with Gasteiger partial charge in [-0.1, -0.05) is 206 Å². The van der Waals surface area contributed by atoms with Crippen LogP contribution in [0.1, 0.15) is 110 Å². The summed E-state index contributed by atoms with van der Waals surface area (Å²) in [4.78, 5) is 102. The van der Waals surface area contributed by atoms with Crippen molar-refractivity contribution in [2.75, 3.05) is 52.5 Å². The molecule has 4 unspecified atom stereocenters. The van der Waals surface area contributed by atoms with Crippen LogP contribution in [-0.2, 0) is 64.3 Å². The maximum Gasteiger partial charge on any atom is 0.420 e. The lowest BCUT2D eigenvalue weighted by Gasteiger charge is -2.30. The van der Waals surface area contributed by atoms with Crippen molar-refractivity contribution in [1.82, 2.24) is 61.2 Å². The number of benzene rings is 9. The molecular weight excluding hydrogens is 2000 g/mol. The van der Waals surface area contributed by atoms with Crippen LogP contribution in [0.25, 0.3) is 21.8 Å². The summed E-state index contributed by atoms with van der Waals surface area (Å²) < 4.78 is 34.5. The number of thiocarbonyl (C=S) groups is 6. The maximum absolute atomic E-state index is 12.7. The second kappa shape index (κ2) is 51.5. The highest BCUT2D eigenvalue weighted by molar-refractivity contribution is 7.98. The molecule has 4 saturated heterocycles. The van der Waals surface area contributed by atoms with E-state index in [-0.39, 0.29) is 94.4 Å². The summed E-state index contributed by atoms with van der Waals surface area (Å²) in [6, 6.07) is 72.6. The minimum Gasteiger partial charge on any atom is -0.508 e. The van der Waals surface area contributed by atoms with E-state index in [0.29, 0.717) is 76.8 Å². The Kier molecular flexibility index (Phi) is 39.0. The summed E-state index contributed by atoms with van der Waals surface area (Å²) >= 11 is 46.5. The highest BCUT2D eigenvalue weighted by atomic mass is 35.5. The zero-order valence-corrected chi connectivity index (χ0v) is 86.4. The first-order valence-corrected chi connectivity index (χ1v) is 51.8. The highest BCUT2D eigenvalue weighted by Gasteiger charge is 2.42. The summed E-state index contributed by atoms with van der Waals surface area (Å²) in [6.45, 7) is 8.32. The molecule has 5 fully saturated rings. The Morgan fingerprint density at radius 1 is 0.617 bits per heavy atom. The Bertz CT molecular complexity index is 6760. The van der Waals surface area contributed by atoms with E-state index in [0.717, 1.165) is 114 Å². The van der Waals surface area contributed by atoms with Gasteiger partial charge in [0.15, 0.2) is 41.1 Å². The summed E-state index contributed by atoms with van der Waals surface area (Å²) in [5.74, 6) is 0.153. The van der Waals surface area contributed by atoms with Crippen LogP contribution in [0, 0.1) is 20.8 Å². The van der Waals surface area contributed by atoms with Gasteiger partial charge in [-0.15, -0.1) is 11.3 Å². The predicted molar refractivity (Wildman–Crippen MR) is 584 cm³/mol. The molecule has 732 valence electrons. The summed E-state index contributed by atoms with van der Waals surface area (Å²) in [6.07, 6.45) is 14.7. The standard InChI is InChI=1S/2C18H15N3OS.C16H20N2O2S.C15H13Cl2NO2S2.C14H14N2OS2.C13H16N2OS2.C8H11N3O4/c22-17-16(10-12-11-19-15-9-5-4-8-14(12)15)20-18(23)21(17)13-6-2-1-3-7-13;22-17-16(11-12-6-7-15-13(10-12)8-9-19-15)20-18(23)21(17)14-4-2-1-3-5-14;19-13-8-6-11(7-9-13)10-14-15(20)18(16(21)17-14)12-4-2-1-3-5-12;1-10-2-5-12(6-3-10)22(19,20)9-18-15(21)11-4-7-13(16)14(17)8-11;1-9-5-3-6-10(2)12(9)15-14(18)16-13(17)11-7-4-8-19-11;1-18-8-7-11-12(16)15(13(17)14-11)9-10-5-3-2-4-6-10;1-3-15-7(12)5-6(9)11(4-10-5)8(13)14-2/h1-9,11,16,19H,10H2,(H,20,23);1-10,16,19H,11H2,(H,20,23);6-9,12,14,19H,1-5,10H2,(H,17,21);2-8H,9H2,1H3,(H,18,21);3-8H,1-2H3,(H2,15,16,17,18);2-6,11H,7-9H2,1H3,(H,14,17);4H,3,9H2,1-2H3. The molecule has 4 atom stereocenters. The van der Waals surface area contributed by atoms with Crippen molar-refractivity contribution in [2.24, 2.45) is 0 Å². The number of ether oxygens (including phenoxy) is 2. The average molecular weight is 2110 g/mol. The molecule has 9 aromatic carbocycles. The van der Waals surface area contributed by atoms with E-state index in [1.165, 1.54) is 37.7 Å². The van der Waals surface area contributed by atoms with Gasteiger partial charge in [-0.25, -0.2) is 27.6 Å². The zero-order valence-electron chi connectivity index (χ0n) is 77.5. The van der Waals surface area contributed by atoms with Crippen LogP contribution < -0.4 is 52.8 Å². The number of aromatic nitrogens is 4. The number of methoxy groups -OCH3 is 1. The second-order valence-electron chi connectivity index (χ2n) is 32.7. The number of aromatic amines is 2. The van der Waals surface area contributed by atoms with Gasteiger partial charge in [0.25, 0.3) is 29.5 Å². The molecule has 18 rings (SSSR count). The number of H-pyrrole nitrogens is 2. The quantitative estimate of drug-likeness (QED) is 0.0222. The number of aromatic hydroxyl groups is 1. The molecule has 1 saturated carbocycles. The average Bonchev–Trinajstić information content (AvgIpc) is 1.65. The monoisotopic (exact) mass is 2100 g/mol. The number of fused-ring (bicyclic) bond motifs is 2. The number of nitrogens with zero attached hydrogens (tertiary/aromatic N) is 6. The number of nitrogens with one attached hydrogen (secondary N) is 9. The molecular formula is C102H104Cl2N16O12S9. The van der Waals surface area contributed by atoms with Crippen LogP contribution >= 0.6 is 120 Å². The first-order valence-electron chi connectivity index (χ1n) is 44.7. The van der Waals surface area contributed by atoms with E-state index >= 15 is 0 Å². The third kappa shape index (κ3) is 28.9. The van der Waals surface area contributed by atoms with Crippen LogP contribution in [0.4, 0.5) is 27.7 Å². The fourth-order valence-electron chi connectivity index (χ4n) is 15.5. The van der Waals surface area contributed by atoms with Gasteiger partial charge in [0.05, 0.1) is 51.5 Å². The number of thiophene rings is 1. The molecule has 1 aliphatic carbocycles. The molecule has 28 nitrogen and oxygen atoms in total. The van der Waals surface area contributed by atoms with Gasteiger partial charge in [0.2, 0.25) is 0 Å². The first-order chi connectivity index (χ1) is 67.8. The number of imidazole rings is 1. The largest absolute Gasteiger partial charge is 0.508 e. The van der Waals surface area contributed by atoms with E-state index in [9.17, 15) is 47.1 Å². The van der Waals surface area contributed by atoms with Crippen LogP contribution in [0.3, 0.4) is 0 Å². The van der Waals surface area contributed by atoms with Gasteiger partial charge < -0.3 is 62.2 Å². The number of anilines is 4. The number of phenolic OH excluding ortho intramolecular Hbond substituents is 1. The predicted octanol–water partition coefficient (Wildman–Crippen LogP) is 18.1. The maximum atomic E-state index is 12.7. The Balaban J connectivity index is 0.000000148.